The molecule has 0 fully saturated rings. The first kappa shape index (κ1) is 25.5. The van der Waals surface area contributed by atoms with Crippen molar-refractivity contribution < 1.29 is 18.0 Å². The van der Waals surface area contributed by atoms with E-state index in [1.165, 1.54) is 11.0 Å². The van der Waals surface area contributed by atoms with Gasteiger partial charge < -0.3 is 10.2 Å². The first-order valence-electron chi connectivity index (χ1n) is 11.4. The minimum atomic E-state index is -4.34. The Labute approximate surface area is 210 Å². The summed E-state index contributed by atoms with van der Waals surface area (Å²) in [6.07, 6.45) is -5.38. The van der Waals surface area contributed by atoms with Gasteiger partial charge in [0.15, 0.2) is 0 Å². The Morgan fingerprint density at radius 1 is 1.03 bits per heavy atom. The van der Waals surface area contributed by atoms with Gasteiger partial charge in [0.1, 0.15) is 5.82 Å². The van der Waals surface area contributed by atoms with E-state index in [1.54, 1.807) is 43.3 Å². The molecule has 2 aromatic heterocycles. The molecule has 192 valence electrons. The van der Waals surface area contributed by atoms with Crippen molar-refractivity contribution in [3.63, 3.8) is 0 Å². The number of aryl methyl sites for hydroxylation is 1. The van der Waals surface area contributed by atoms with E-state index in [2.05, 4.69) is 41.2 Å². The maximum atomic E-state index is 13.0. The van der Waals surface area contributed by atoms with Gasteiger partial charge in [0.25, 0.3) is 0 Å². The second-order valence-corrected chi connectivity index (χ2v) is 8.11. The van der Waals surface area contributed by atoms with Crippen LogP contribution in [0.4, 0.5) is 35.4 Å². The highest BCUT2D eigenvalue weighted by Crippen LogP contribution is 2.31. The normalized spacial score (nSPS) is 11.3. The Hall–Kier alpha value is -4.55. The molecule has 0 unspecified atom stereocenters. The molecule has 10 nitrogen and oxygen atoms in total. The number of carbonyl (C=O) groups excluding carboxylic acids is 1. The first-order chi connectivity index (χ1) is 17.7. The number of nitrogens with zero attached hydrogens (tertiary/aromatic N) is 6. The van der Waals surface area contributed by atoms with E-state index in [4.69, 9.17) is 0 Å². The van der Waals surface area contributed by atoms with Crippen molar-refractivity contribution in [3.8, 4) is 22.6 Å². The van der Waals surface area contributed by atoms with Crippen LogP contribution >= 0.6 is 0 Å². The van der Waals surface area contributed by atoms with Crippen LogP contribution in [0.2, 0.25) is 0 Å². The van der Waals surface area contributed by atoms with Crippen LogP contribution in [0.1, 0.15) is 18.9 Å². The highest BCUT2D eigenvalue weighted by atomic mass is 19.4. The predicted octanol–water partition coefficient (Wildman–Crippen LogP) is 5.05. The fraction of sp³-hybridized carbons (Fsp3) is 0.250. The SMILES string of the molecule is CCN(CCC(F)(F)F)c1nc(NC(=O)Nc2ccc(C)cc2)cc(-c2ccccc2-c2nn[nH]n2)n1. The molecule has 2 aromatic carbocycles. The maximum Gasteiger partial charge on any atom is 0.390 e. The number of nitrogens with one attached hydrogen (secondary N) is 3. The summed E-state index contributed by atoms with van der Waals surface area (Å²) in [5, 5.41) is 19.4. The molecule has 0 saturated carbocycles. The summed E-state index contributed by atoms with van der Waals surface area (Å²) in [5.41, 5.74) is 3.15. The summed E-state index contributed by atoms with van der Waals surface area (Å²) >= 11 is 0. The van der Waals surface area contributed by atoms with E-state index in [0.717, 1.165) is 5.56 Å². The zero-order chi connectivity index (χ0) is 26.4. The number of urea groups is 1. The lowest BCUT2D eigenvalue weighted by molar-refractivity contribution is -0.132. The Kier molecular flexibility index (Phi) is 7.60. The van der Waals surface area contributed by atoms with Crippen molar-refractivity contribution in [2.45, 2.75) is 26.4 Å². The lowest BCUT2D eigenvalue weighted by Crippen LogP contribution is -2.30. The monoisotopic (exact) mass is 511 g/mol. The Bertz CT molecular complexity index is 1340. The third-order valence-corrected chi connectivity index (χ3v) is 5.38. The number of aromatic nitrogens is 6. The van der Waals surface area contributed by atoms with Gasteiger partial charge in [0.2, 0.25) is 11.8 Å². The Morgan fingerprint density at radius 2 is 1.76 bits per heavy atom. The molecule has 0 radical (unpaired) electrons. The zero-order valence-electron chi connectivity index (χ0n) is 20.0. The van der Waals surface area contributed by atoms with Crippen LogP contribution in [-0.4, -0.2) is 55.9 Å². The lowest BCUT2D eigenvalue weighted by atomic mass is 10.0. The van der Waals surface area contributed by atoms with Crippen molar-refractivity contribution in [1.29, 1.82) is 0 Å². The van der Waals surface area contributed by atoms with Gasteiger partial charge in [-0.2, -0.15) is 23.4 Å². The molecular weight excluding hydrogens is 487 g/mol. The summed E-state index contributed by atoms with van der Waals surface area (Å²) < 4.78 is 38.9. The smallest absolute Gasteiger partial charge is 0.341 e. The van der Waals surface area contributed by atoms with Crippen LogP contribution in [0, 0.1) is 6.92 Å². The molecule has 0 saturated heterocycles. The van der Waals surface area contributed by atoms with Crippen molar-refractivity contribution in [2.75, 3.05) is 28.6 Å². The molecule has 0 spiro atoms. The van der Waals surface area contributed by atoms with Crippen LogP contribution in [-0.2, 0) is 0 Å². The summed E-state index contributed by atoms with van der Waals surface area (Å²) in [4.78, 5) is 23.0. The standard InChI is InChI=1S/C24H24F3N9O/c1-3-36(13-12-24(25,26)27)22-29-19(17-6-4-5-7-18(17)21-32-34-35-33-21)14-20(30-22)31-23(37)28-16-10-8-15(2)9-11-16/h4-11,14H,3,12-13H2,1-2H3,(H,32,33,34,35)(H2,28,29,30,31,37). The minimum Gasteiger partial charge on any atom is -0.341 e. The predicted molar refractivity (Wildman–Crippen MR) is 133 cm³/mol. The van der Waals surface area contributed by atoms with Crippen molar-refractivity contribution >= 4 is 23.5 Å². The van der Waals surface area contributed by atoms with Crippen molar-refractivity contribution in [2.24, 2.45) is 0 Å². The molecule has 2 amide bonds. The molecule has 4 rings (SSSR count). The van der Waals surface area contributed by atoms with E-state index < -0.39 is 18.6 Å². The summed E-state index contributed by atoms with van der Waals surface area (Å²) in [5.74, 6) is 0.461. The average Bonchev–Trinajstić information content (AvgIpc) is 3.40. The number of carbonyl (C=O) groups is 1. The number of rotatable bonds is 8. The topological polar surface area (TPSA) is 125 Å². The lowest BCUT2D eigenvalue weighted by Gasteiger charge is -2.23. The molecule has 0 aliphatic heterocycles. The van der Waals surface area contributed by atoms with Gasteiger partial charge in [-0.3, -0.25) is 5.32 Å². The van der Waals surface area contributed by atoms with Gasteiger partial charge in [0, 0.05) is 36.0 Å². The zero-order valence-corrected chi connectivity index (χ0v) is 20.0. The van der Waals surface area contributed by atoms with Crippen LogP contribution in [0.3, 0.4) is 0 Å². The fourth-order valence-electron chi connectivity index (χ4n) is 3.53. The number of benzene rings is 2. The first-order valence-corrected chi connectivity index (χ1v) is 11.4. The minimum absolute atomic E-state index is 0.0396. The number of amides is 2. The molecule has 2 heterocycles. The summed E-state index contributed by atoms with van der Waals surface area (Å²) in [6, 6.07) is 15.3. The third-order valence-electron chi connectivity index (χ3n) is 5.38. The van der Waals surface area contributed by atoms with E-state index in [9.17, 15) is 18.0 Å². The Balaban J connectivity index is 1.71. The molecule has 0 bridgehead atoms. The second-order valence-electron chi connectivity index (χ2n) is 8.11. The number of alkyl halides is 3. The molecule has 13 heteroatoms. The molecule has 4 aromatic rings. The van der Waals surface area contributed by atoms with E-state index in [-0.39, 0.29) is 24.9 Å². The summed E-state index contributed by atoms with van der Waals surface area (Å²) in [7, 11) is 0. The van der Waals surface area contributed by atoms with E-state index in [1.807, 2.05) is 19.1 Å². The molecule has 37 heavy (non-hydrogen) atoms. The molecule has 0 aliphatic carbocycles. The van der Waals surface area contributed by atoms with Crippen molar-refractivity contribution in [1.82, 2.24) is 30.6 Å². The van der Waals surface area contributed by atoms with Crippen molar-refractivity contribution in [3.05, 3.63) is 60.2 Å². The van der Waals surface area contributed by atoms with Gasteiger partial charge >= 0.3 is 12.2 Å². The Morgan fingerprint density at radius 3 is 2.41 bits per heavy atom. The average molecular weight is 512 g/mol. The van der Waals surface area contributed by atoms with Crippen LogP contribution in [0.25, 0.3) is 22.6 Å². The molecular formula is C24H24F3N9O. The van der Waals surface area contributed by atoms with Crippen LogP contribution < -0.4 is 15.5 Å². The number of aromatic amines is 1. The van der Waals surface area contributed by atoms with E-state index >= 15 is 0 Å². The number of tetrazole rings is 1. The number of halogens is 3. The highest BCUT2D eigenvalue weighted by molar-refractivity contribution is 5.99. The van der Waals surface area contributed by atoms with Gasteiger partial charge in [-0.1, -0.05) is 42.0 Å². The van der Waals surface area contributed by atoms with Crippen LogP contribution in [0.5, 0.6) is 0 Å². The molecule has 0 atom stereocenters. The molecule has 3 N–H and O–H groups in total. The number of anilines is 3. The third kappa shape index (κ3) is 6.78. The quantitative estimate of drug-likeness (QED) is 0.302. The largest absolute Gasteiger partial charge is 0.390 e. The fourth-order valence-corrected chi connectivity index (χ4v) is 3.53. The van der Waals surface area contributed by atoms with Gasteiger partial charge in [-0.15, -0.1) is 10.2 Å². The number of H-pyrrole nitrogens is 1. The maximum absolute atomic E-state index is 13.0. The van der Waals surface area contributed by atoms with Gasteiger partial charge in [-0.05, 0) is 31.2 Å². The van der Waals surface area contributed by atoms with E-state index in [0.29, 0.717) is 28.3 Å². The highest BCUT2D eigenvalue weighted by Gasteiger charge is 2.28. The summed E-state index contributed by atoms with van der Waals surface area (Å²) in [6.45, 7) is 3.52. The van der Waals surface area contributed by atoms with Gasteiger partial charge in [-0.25, -0.2) is 9.78 Å². The molecule has 0 aliphatic rings. The number of hydrogen-bond acceptors (Lipinski definition) is 7. The second kappa shape index (κ2) is 11.0. The number of hydrogen-bond donors (Lipinski definition) is 3. The van der Waals surface area contributed by atoms with Crippen LogP contribution in [0.15, 0.2) is 54.6 Å². The van der Waals surface area contributed by atoms with Gasteiger partial charge in [0.05, 0.1) is 12.1 Å².